The van der Waals surface area contributed by atoms with Gasteiger partial charge in [-0.15, -0.1) is 0 Å². The first kappa shape index (κ1) is 22.4. The Morgan fingerprint density at radius 2 is 2.00 bits per heavy atom. The van der Waals surface area contributed by atoms with Crippen molar-refractivity contribution >= 4 is 11.8 Å². The molecule has 4 nitrogen and oxygen atoms in total. The molecule has 0 aromatic rings. The average Bonchev–Trinajstić information content (AvgIpc) is 2.81. The van der Waals surface area contributed by atoms with Crippen LogP contribution in [0.3, 0.4) is 0 Å². The summed E-state index contributed by atoms with van der Waals surface area (Å²) in [4.78, 5) is 22.8. The summed E-state index contributed by atoms with van der Waals surface area (Å²) < 4.78 is 0. The zero-order valence-electron chi connectivity index (χ0n) is 16.4. The predicted molar refractivity (Wildman–Crippen MR) is 105 cm³/mol. The summed E-state index contributed by atoms with van der Waals surface area (Å²) in [7, 11) is 0. The number of Topliss-reactive ketones (excluding diaryl/α,β-unsaturated/α-hetero) is 1. The van der Waals surface area contributed by atoms with Crippen LogP contribution in [0.25, 0.3) is 0 Å². The van der Waals surface area contributed by atoms with Gasteiger partial charge in [-0.05, 0) is 57.8 Å². The fourth-order valence-electron chi connectivity index (χ4n) is 3.46. The highest BCUT2D eigenvalue weighted by molar-refractivity contribution is 5.84. The summed E-state index contributed by atoms with van der Waals surface area (Å²) in [5.41, 5.74) is 1.26. The van der Waals surface area contributed by atoms with Gasteiger partial charge in [-0.1, -0.05) is 42.9 Å². The second kappa shape index (κ2) is 11.8. The van der Waals surface area contributed by atoms with Crippen LogP contribution in [0.2, 0.25) is 0 Å². The topological polar surface area (TPSA) is 74.6 Å². The highest BCUT2D eigenvalue weighted by Crippen LogP contribution is 2.37. The number of carbonyl (C=O) groups excluding carboxylic acids is 1. The van der Waals surface area contributed by atoms with E-state index in [-0.39, 0.29) is 18.3 Å². The second-order valence-electron chi connectivity index (χ2n) is 7.64. The number of aliphatic carboxylic acids is 1. The molecule has 0 amide bonds. The van der Waals surface area contributed by atoms with Crippen molar-refractivity contribution in [1.82, 2.24) is 0 Å². The third kappa shape index (κ3) is 8.61. The molecule has 1 aliphatic rings. The minimum absolute atomic E-state index is 0.0260. The van der Waals surface area contributed by atoms with Gasteiger partial charge in [0, 0.05) is 18.8 Å². The van der Waals surface area contributed by atoms with Crippen LogP contribution in [0.1, 0.15) is 65.7 Å². The first-order valence-electron chi connectivity index (χ1n) is 9.70. The Kier molecular flexibility index (Phi) is 10.2. The van der Waals surface area contributed by atoms with Crippen molar-refractivity contribution < 1.29 is 19.8 Å². The fraction of sp³-hybridized carbons (Fsp3) is 0.636. The van der Waals surface area contributed by atoms with Crippen molar-refractivity contribution in [1.29, 1.82) is 0 Å². The van der Waals surface area contributed by atoms with Gasteiger partial charge in [-0.2, -0.15) is 0 Å². The lowest BCUT2D eigenvalue weighted by atomic mass is 9.87. The Morgan fingerprint density at radius 1 is 1.27 bits per heavy atom. The van der Waals surface area contributed by atoms with E-state index in [0.717, 1.165) is 12.8 Å². The molecule has 0 aliphatic heterocycles. The largest absolute Gasteiger partial charge is 0.481 e. The number of hydrogen-bond acceptors (Lipinski definition) is 3. The molecule has 1 rings (SSSR count). The van der Waals surface area contributed by atoms with Crippen LogP contribution in [0.15, 0.2) is 36.0 Å². The molecule has 4 atom stereocenters. The maximum Gasteiger partial charge on any atom is 0.303 e. The Bertz CT molecular complexity index is 540. The van der Waals surface area contributed by atoms with Crippen LogP contribution in [0.5, 0.6) is 0 Å². The zero-order chi connectivity index (χ0) is 19.5. The molecule has 0 aromatic heterocycles. The molecule has 146 valence electrons. The molecule has 0 heterocycles. The SMILES string of the molecule is CC(C)=CCC[C@H](O)/C=C/[C@H]1[C@H](C)CC(=O)[C@@H]1C/C=C\CCCC(=O)O. The number of aliphatic hydroxyl groups excluding tert-OH is 1. The van der Waals surface area contributed by atoms with Crippen molar-refractivity contribution in [2.24, 2.45) is 17.8 Å². The van der Waals surface area contributed by atoms with Crippen LogP contribution >= 0.6 is 0 Å². The molecule has 0 saturated heterocycles. The third-order valence-corrected chi connectivity index (χ3v) is 4.95. The molecule has 4 heteroatoms. The highest BCUT2D eigenvalue weighted by atomic mass is 16.4. The van der Waals surface area contributed by atoms with Gasteiger partial charge in [0.1, 0.15) is 5.78 Å². The van der Waals surface area contributed by atoms with Crippen LogP contribution in [0.4, 0.5) is 0 Å². The second-order valence-corrected chi connectivity index (χ2v) is 7.64. The van der Waals surface area contributed by atoms with Crippen molar-refractivity contribution in [3.63, 3.8) is 0 Å². The summed E-state index contributed by atoms with van der Waals surface area (Å²) in [6.07, 6.45) is 13.9. The minimum Gasteiger partial charge on any atom is -0.481 e. The maximum absolute atomic E-state index is 12.3. The number of aliphatic hydroxyl groups is 1. The molecule has 0 bridgehead atoms. The molecule has 0 spiro atoms. The number of unbranched alkanes of at least 4 members (excludes halogenated alkanes) is 1. The Labute approximate surface area is 157 Å². The van der Waals surface area contributed by atoms with E-state index < -0.39 is 12.1 Å². The summed E-state index contributed by atoms with van der Waals surface area (Å²) in [6, 6.07) is 0. The van der Waals surface area contributed by atoms with E-state index >= 15 is 0 Å². The number of hydrogen-bond donors (Lipinski definition) is 2. The van der Waals surface area contributed by atoms with Crippen LogP contribution in [-0.2, 0) is 9.59 Å². The summed E-state index contributed by atoms with van der Waals surface area (Å²) >= 11 is 0. The number of carboxylic acids is 1. The number of allylic oxidation sites excluding steroid dienone is 5. The van der Waals surface area contributed by atoms with Gasteiger partial charge in [-0.25, -0.2) is 0 Å². The molecule has 1 saturated carbocycles. The van der Waals surface area contributed by atoms with Gasteiger partial charge in [0.25, 0.3) is 0 Å². The number of ketones is 1. The summed E-state index contributed by atoms with van der Waals surface area (Å²) in [6.45, 7) is 6.20. The van der Waals surface area contributed by atoms with E-state index in [1.807, 2.05) is 38.2 Å². The van der Waals surface area contributed by atoms with Crippen LogP contribution in [-0.4, -0.2) is 28.1 Å². The normalized spacial score (nSPS) is 24.5. The molecule has 1 fully saturated rings. The van der Waals surface area contributed by atoms with Crippen LogP contribution < -0.4 is 0 Å². The molecule has 0 aromatic carbocycles. The molecular weight excluding hydrogens is 328 g/mol. The first-order chi connectivity index (χ1) is 12.3. The van der Waals surface area contributed by atoms with Crippen LogP contribution in [0, 0.1) is 17.8 Å². The van der Waals surface area contributed by atoms with Gasteiger partial charge in [-0.3, -0.25) is 9.59 Å². The van der Waals surface area contributed by atoms with E-state index in [4.69, 9.17) is 5.11 Å². The number of carbonyl (C=O) groups is 2. The van der Waals surface area contributed by atoms with E-state index in [2.05, 4.69) is 13.0 Å². The summed E-state index contributed by atoms with van der Waals surface area (Å²) in [5.74, 6) is -0.0340. The first-order valence-corrected chi connectivity index (χ1v) is 9.70. The van der Waals surface area contributed by atoms with Crippen molar-refractivity contribution in [3.05, 3.63) is 36.0 Å². The lowest BCUT2D eigenvalue weighted by Gasteiger charge is -2.17. The molecule has 0 unspecified atom stereocenters. The Hall–Kier alpha value is -1.68. The standard InChI is InChI=1S/C22H34O4/c1-16(2)9-8-10-18(23)13-14-19-17(3)15-21(24)20(19)11-6-4-5-7-12-22(25)26/h4,6,9,13-14,17-20,23H,5,7-8,10-12,15H2,1-3H3,(H,25,26)/b6-4-,14-13+/t17-,18+,19+,20-/m1/s1. The summed E-state index contributed by atoms with van der Waals surface area (Å²) in [5, 5.41) is 18.7. The van der Waals surface area contributed by atoms with Gasteiger partial charge in [0.05, 0.1) is 6.10 Å². The fourth-order valence-corrected chi connectivity index (χ4v) is 3.46. The molecule has 0 radical (unpaired) electrons. The van der Waals surface area contributed by atoms with E-state index in [9.17, 15) is 14.7 Å². The van der Waals surface area contributed by atoms with Crippen molar-refractivity contribution in [3.8, 4) is 0 Å². The monoisotopic (exact) mass is 362 g/mol. The quantitative estimate of drug-likeness (QED) is 0.413. The Morgan fingerprint density at radius 3 is 2.65 bits per heavy atom. The third-order valence-electron chi connectivity index (χ3n) is 4.95. The molecular formula is C22H34O4. The minimum atomic E-state index is -0.772. The van der Waals surface area contributed by atoms with E-state index in [1.165, 1.54) is 5.57 Å². The lowest BCUT2D eigenvalue weighted by molar-refractivity contribution is -0.137. The van der Waals surface area contributed by atoms with Gasteiger partial charge < -0.3 is 10.2 Å². The number of carboxylic acid groups (broad SMARTS) is 1. The van der Waals surface area contributed by atoms with Gasteiger partial charge in [0.2, 0.25) is 0 Å². The van der Waals surface area contributed by atoms with Gasteiger partial charge in [0.15, 0.2) is 0 Å². The van der Waals surface area contributed by atoms with Gasteiger partial charge >= 0.3 is 5.97 Å². The van der Waals surface area contributed by atoms with E-state index in [0.29, 0.717) is 37.4 Å². The van der Waals surface area contributed by atoms with E-state index in [1.54, 1.807) is 0 Å². The zero-order valence-corrected chi connectivity index (χ0v) is 16.4. The lowest BCUT2D eigenvalue weighted by Crippen LogP contribution is -2.15. The molecule has 2 N–H and O–H groups in total. The predicted octanol–water partition coefficient (Wildman–Crippen LogP) is 4.69. The smallest absolute Gasteiger partial charge is 0.303 e. The molecule has 26 heavy (non-hydrogen) atoms. The Balaban J connectivity index is 2.51. The highest BCUT2D eigenvalue weighted by Gasteiger charge is 2.37. The van der Waals surface area contributed by atoms with Crippen molar-refractivity contribution in [2.45, 2.75) is 71.8 Å². The maximum atomic E-state index is 12.3. The molecule has 1 aliphatic carbocycles. The van der Waals surface area contributed by atoms with Crippen molar-refractivity contribution in [2.75, 3.05) is 0 Å². The average molecular weight is 363 g/mol. The number of rotatable bonds is 11.